The Morgan fingerprint density at radius 1 is 1.33 bits per heavy atom. The molecule has 21 heavy (non-hydrogen) atoms. The lowest BCUT2D eigenvalue weighted by molar-refractivity contribution is -0.118. The molecule has 0 radical (unpaired) electrons. The summed E-state index contributed by atoms with van der Waals surface area (Å²) < 4.78 is 29.6. The van der Waals surface area contributed by atoms with Gasteiger partial charge in [-0.25, -0.2) is 8.42 Å². The molecule has 0 bridgehead atoms. The van der Waals surface area contributed by atoms with Gasteiger partial charge in [-0.15, -0.1) is 0 Å². The summed E-state index contributed by atoms with van der Waals surface area (Å²) in [6, 6.07) is 3.96. The fraction of sp³-hybridized carbons (Fsp3) is 0.400. The molecule has 1 amide bonds. The minimum atomic E-state index is -3.54. The van der Waals surface area contributed by atoms with E-state index in [2.05, 4.69) is 13.8 Å². The molecule has 0 spiro atoms. The van der Waals surface area contributed by atoms with Crippen molar-refractivity contribution in [2.45, 2.75) is 33.1 Å². The fourth-order valence-electron chi connectivity index (χ4n) is 2.42. The summed E-state index contributed by atoms with van der Waals surface area (Å²) in [6.07, 6.45) is 2.44. The number of sulfonamides is 1. The third-order valence-electron chi connectivity index (χ3n) is 3.31. The molecule has 0 aliphatic carbocycles. The van der Waals surface area contributed by atoms with E-state index in [0.717, 1.165) is 17.2 Å². The van der Waals surface area contributed by atoms with Gasteiger partial charge in [-0.1, -0.05) is 13.8 Å². The lowest BCUT2D eigenvalue weighted by atomic mass is 9.95. The maximum absolute atomic E-state index is 11.7. The van der Waals surface area contributed by atoms with Gasteiger partial charge in [0.05, 0.1) is 18.9 Å². The van der Waals surface area contributed by atoms with Gasteiger partial charge in [0, 0.05) is 10.9 Å². The number of rotatable bonds is 4. The number of aryl methyl sites for hydroxylation is 1. The van der Waals surface area contributed by atoms with Gasteiger partial charge in [-0.05, 0) is 36.1 Å². The van der Waals surface area contributed by atoms with Crippen molar-refractivity contribution < 1.29 is 17.6 Å². The maximum Gasteiger partial charge on any atom is 0.237 e. The summed E-state index contributed by atoms with van der Waals surface area (Å²) in [4.78, 5) is 11.7. The largest absolute Gasteiger partial charge is 0.464 e. The Morgan fingerprint density at radius 3 is 2.57 bits per heavy atom. The normalized spacial score (nSPS) is 12.0. The highest BCUT2D eigenvalue weighted by molar-refractivity contribution is 7.89. The fourth-order valence-corrected chi connectivity index (χ4v) is 2.91. The molecule has 0 saturated heterocycles. The molecule has 6 heteroatoms. The first-order valence-corrected chi connectivity index (χ1v) is 8.57. The molecule has 0 atom stereocenters. The van der Waals surface area contributed by atoms with Crippen LogP contribution < -0.4 is 4.72 Å². The molecule has 5 nitrogen and oxygen atoms in total. The van der Waals surface area contributed by atoms with E-state index in [1.807, 2.05) is 23.8 Å². The number of amides is 1. The topological polar surface area (TPSA) is 76.4 Å². The highest BCUT2D eigenvalue weighted by Crippen LogP contribution is 2.29. The van der Waals surface area contributed by atoms with Gasteiger partial charge in [0.15, 0.2) is 0 Å². The van der Waals surface area contributed by atoms with E-state index in [9.17, 15) is 13.2 Å². The van der Waals surface area contributed by atoms with Crippen molar-refractivity contribution in [1.29, 1.82) is 0 Å². The monoisotopic (exact) mass is 309 g/mol. The number of carbonyl (C=O) groups excluding carboxylic acids is 1. The predicted octanol–water partition coefficient (Wildman–Crippen LogP) is 2.48. The Balaban J connectivity index is 2.37. The Morgan fingerprint density at radius 2 is 2.00 bits per heavy atom. The van der Waals surface area contributed by atoms with E-state index in [1.165, 1.54) is 11.8 Å². The van der Waals surface area contributed by atoms with E-state index in [0.29, 0.717) is 17.1 Å². The van der Waals surface area contributed by atoms with Crippen LogP contribution >= 0.6 is 0 Å². The van der Waals surface area contributed by atoms with E-state index in [1.54, 1.807) is 0 Å². The highest BCUT2D eigenvalue weighted by Gasteiger charge is 2.15. The number of nitrogens with one attached hydrogen (secondary N) is 1. The second-order valence-electron chi connectivity index (χ2n) is 5.59. The number of carbonyl (C=O) groups is 1. The number of hydrogen-bond donors (Lipinski definition) is 1. The lowest BCUT2D eigenvalue weighted by Gasteiger charge is -2.10. The minimum absolute atomic E-state index is 0.0271. The van der Waals surface area contributed by atoms with Crippen LogP contribution in [0.2, 0.25) is 0 Å². The molecule has 114 valence electrons. The Bertz CT molecular complexity index is 787. The molecular formula is C15H19NO4S. The van der Waals surface area contributed by atoms with Gasteiger partial charge in [0.1, 0.15) is 5.58 Å². The molecule has 0 aliphatic rings. The van der Waals surface area contributed by atoms with Gasteiger partial charge in [-0.3, -0.25) is 9.52 Å². The van der Waals surface area contributed by atoms with Crippen molar-refractivity contribution in [3.05, 3.63) is 35.1 Å². The third-order valence-corrected chi connectivity index (χ3v) is 3.91. The van der Waals surface area contributed by atoms with Crippen LogP contribution in [-0.2, 0) is 21.2 Å². The van der Waals surface area contributed by atoms with E-state index < -0.39 is 15.9 Å². The van der Waals surface area contributed by atoms with Gasteiger partial charge < -0.3 is 4.42 Å². The van der Waals surface area contributed by atoms with Crippen LogP contribution in [0.15, 0.2) is 22.8 Å². The summed E-state index contributed by atoms with van der Waals surface area (Å²) in [5.74, 6) is -0.200. The van der Waals surface area contributed by atoms with Crippen LogP contribution in [0.25, 0.3) is 11.0 Å². The standard InChI is InChI=1S/C15H19NO4S/c1-9(2)12-7-13-11(6-15(17)16-21(4,18)19)8-20-14(13)5-10(12)3/h5,7-9H,6H2,1-4H3,(H,16,17). The first-order valence-electron chi connectivity index (χ1n) is 6.68. The van der Waals surface area contributed by atoms with Crippen molar-refractivity contribution in [3.63, 3.8) is 0 Å². The second kappa shape index (κ2) is 5.52. The highest BCUT2D eigenvalue weighted by atomic mass is 32.2. The zero-order valence-corrected chi connectivity index (χ0v) is 13.4. The van der Waals surface area contributed by atoms with Crippen LogP contribution in [0.1, 0.15) is 36.5 Å². The number of fused-ring (bicyclic) bond motifs is 1. The summed E-state index contributed by atoms with van der Waals surface area (Å²) in [7, 11) is -3.54. The summed E-state index contributed by atoms with van der Waals surface area (Å²) in [5, 5.41) is 0.855. The lowest BCUT2D eigenvalue weighted by Crippen LogP contribution is -2.30. The number of hydrogen-bond acceptors (Lipinski definition) is 4. The average Bonchev–Trinajstić information content (AvgIpc) is 2.67. The molecule has 0 aliphatic heterocycles. The van der Waals surface area contributed by atoms with Gasteiger partial charge in [0.2, 0.25) is 15.9 Å². The van der Waals surface area contributed by atoms with E-state index in [4.69, 9.17) is 4.42 Å². The SMILES string of the molecule is Cc1cc2occ(CC(=O)NS(C)(=O)=O)c2cc1C(C)C. The smallest absolute Gasteiger partial charge is 0.237 e. The summed E-state index contributed by atoms with van der Waals surface area (Å²) >= 11 is 0. The summed E-state index contributed by atoms with van der Waals surface area (Å²) in [6.45, 7) is 6.22. The first kappa shape index (κ1) is 15.6. The minimum Gasteiger partial charge on any atom is -0.464 e. The van der Waals surface area contributed by atoms with Gasteiger partial charge in [0.25, 0.3) is 0 Å². The molecule has 0 saturated carbocycles. The van der Waals surface area contributed by atoms with Crippen LogP contribution in [0, 0.1) is 6.92 Å². The van der Waals surface area contributed by atoms with Crippen LogP contribution in [0.4, 0.5) is 0 Å². The van der Waals surface area contributed by atoms with Crippen molar-refractivity contribution in [2.75, 3.05) is 6.26 Å². The predicted molar refractivity (Wildman–Crippen MR) is 81.7 cm³/mol. The van der Waals surface area contributed by atoms with Crippen molar-refractivity contribution in [3.8, 4) is 0 Å². The zero-order valence-electron chi connectivity index (χ0n) is 12.6. The first-order chi connectivity index (χ1) is 9.67. The number of benzene rings is 1. The van der Waals surface area contributed by atoms with Crippen LogP contribution in [0.5, 0.6) is 0 Å². The van der Waals surface area contributed by atoms with Crippen LogP contribution in [-0.4, -0.2) is 20.6 Å². The quantitative estimate of drug-likeness (QED) is 0.941. The zero-order chi connectivity index (χ0) is 15.8. The molecular weight excluding hydrogens is 290 g/mol. The van der Waals surface area contributed by atoms with Gasteiger partial charge in [-0.2, -0.15) is 0 Å². The Hall–Kier alpha value is -1.82. The Kier molecular flexibility index (Phi) is 4.09. The van der Waals surface area contributed by atoms with E-state index in [-0.39, 0.29) is 6.42 Å². The van der Waals surface area contributed by atoms with Crippen molar-refractivity contribution >= 4 is 26.9 Å². The molecule has 2 rings (SSSR count). The molecule has 1 aromatic heterocycles. The van der Waals surface area contributed by atoms with Crippen LogP contribution in [0.3, 0.4) is 0 Å². The molecule has 2 aromatic rings. The van der Waals surface area contributed by atoms with Crippen molar-refractivity contribution in [2.24, 2.45) is 0 Å². The van der Waals surface area contributed by atoms with Gasteiger partial charge >= 0.3 is 0 Å². The maximum atomic E-state index is 11.7. The molecule has 1 N–H and O–H groups in total. The number of furan rings is 1. The van der Waals surface area contributed by atoms with E-state index >= 15 is 0 Å². The molecule has 0 unspecified atom stereocenters. The molecule has 1 heterocycles. The average molecular weight is 309 g/mol. The van der Waals surface area contributed by atoms with Crippen molar-refractivity contribution in [1.82, 2.24) is 4.72 Å². The summed E-state index contributed by atoms with van der Waals surface area (Å²) in [5.41, 5.74) is 3.72. The second-order valence-corrected chi connectivity index (χ2v) is 7.34. The molecule has 1 aromatic carbocycles. The Labute approximate surface area is 124 Å². The molecule has 0 fully saturated rings. The third kappa shape index (κ3) is 3.64.